The topological polar surface area (TPSA) is 85.6 Å². The molecule has 0 atom stereocenters. The fraction of sp³-hybridized carbons (Fsp3) is 0.550. The number of aliphatic imine (C=N–C) groups is 1. The Kier molecular flexibility index (Phi) is 9.72. The van der Waals surface area contributed by atoms with Gasteiger partial charge in [0.1, 0.15) is 17.3 Å². The van der Waals surface area contributed by atoms with Crippen molar-refractivity contribution in [3.63, 3.8) is 0 Å². The number of aromatic nitrogens is 3. The monoisotopic (exact) mass is 550 g/mol. The number of nitrogens with one attached hydrogen (secondary N) is 2. The van der Waals surface area contributed by atoms with E-state index in [1.165, 1.54) is 26.0 Å². The summed E-state index contributed by atoms with van der Waals surface area (Å²) < 4.78 is 37.3. The molecule has 11 heteroatoms. The largest absolute Gasteiger partial charge is 0.497 e. The van der Waals surface area contributed by atoms with Crippen LogP contribution in [0.25, 0.3) is 0 Å². The van der Waals surface area contributed by atoms with Gasteiger partial charge in [0, 0.05) is 18.7 Å². The predicted octanol–water partition coefficient (Wildman–Crippen LogP) is 3.53. The van der Waals surface area contributed by atoms with Crippen LogP contribution >= 0.6 is 24.0 Å². The maximum absolute atomic E-state index is 12.8. The van der Waals surface area contributed by atoms with Gasteiger partial charge in [0.05, 0.1) is 20.2 Å². The second-order valence-corrected chi connectivity index (χ2v) is 7.22. The van der Waals surface area contributed by atoms with E-state index in [1.54, 1.807) is 12.1 Å². The van der Waals surface area contributed by atoms with Gasteiger partial charge in [0.2, 0.25) is 0 Å². The lowest BCUT2D eigenvalue weighted by Crippen LogP contribution is -2.42. The summed E-state index contributed by atoms with van der Waals surface area (Å²) in [6.07, 6.45) is 4.50. The molecule has 1 aromatic carbocycles. The molecule has 0 bridgehead atoms. The molecule has 0 amide bonds. The van der Waals surface area contributed by atoms with Crippen molar-refractivity contribution < 1.29 is 18.3 Å². The molecule has 0 saturated heterocycles. The Morgan fingerprint density at radius 3 is 2.65 bits per heavy atom. The van der Waals surface area contributed by atoms with Crippen molar-refractivity contribution in [2.45, 2.75) is 58.3 Å². The fourth-order valence-corrected chi connectivity index (χ4v) is 3.37. The summed E-state index contributed by atoms with van der Waals surface area (Å²) in [5.41, 5.74) is 0.511. The van der Waals surface area contributed by atoms with Gasteiger partial charge in [-0.15, -0.1) is 34.2 Å². The van der Waals surface area contributed by atoms with E-state index < -0.39 is 6.61 Å². The van der Waals surface area contributed by atoms with Gasteiger partial charge in [-0.1, -0.05) is 12.8 Å². The molecule has 8 nitrogen and oxygen atoms in total. The molecule has 1 fully saturated rings. The number of hydrogen-bond donors (Lipinski definition) is 2. The quantitative estimate of drug-likeness (QED) is 0.297. The molecule has 1 aliphatic rings. The minimum atomic E-state index is -2.91. The smallest absolute Gasteiger partial charge is 0.387 e. The van der Waals surface area contributed by atoms with Gasteiger partial charge in [-0.25, -0.2) is 4.99 Å². The maximum atomic E-state index is 12.8. The molecule has 2 N–H and O–H groups in total. The lowest BCUT2D eigenvalue weighted by molar-refractivity contribution is -0.0504. The summed E-state index contributed by atoms with van der Waals surface area (Å²) in [6, 6.07) is 5.03. The predicted molar refractivity (Wildman–Crippen MR) is 124 cm³/mol. The summed E-state index contributed by atoms with van der Waals surface area (Å²) in [7, 11) is 3.42. The van der Waals surface area contributed by atoms with E-state index in [0.29, 0.717) is 29.9 Å². The van der Waals surface area contributed by atoms with Crippen molar-refractivity contribution in [3.8, 4) is 11.5 Å². The number of methoxy groups -OCH3 is 1. The second-order valence-electron chi connectivity index (χ2n) is 7.22. The molecule has 2 aromatic rings. The first-order valence-corrected chi connectivity index (χ1v) is 9.97. The van der Waals surface area contributed by atoms with Crippen LogP contribution in [-0.2, 0) is 20.1 Å². The summed E-state index contributed by atoms with van der Waals surface area (Å²) in [6.45, 7) is -0.433. The highest BCUT2D eigenvalue weighted by molar-refractivity contribution is 14.0. The van der Waals surface area contributed by atoms with Crippen molar-refractivity contribution in [2.24, 2.45) is 12.0 Å². The number of halogens is 3. The Bertz CT molecular complexity index is 871. The van der Waals surface area contributed by atoms with Crippen molar-refractivity contribution in [1.82, 2.24) is 25.4 Å². The number of alkyl halides is 2. The first-order valence-electron chi connectivity index (χ1n) is 9.97. The highest BCUT2D eigenvalue weighted by atomic mass is 127. The van der Waals surface area contributed by atoms with Crippen molar-refractivity contribution in [2.75, 3.05) is 7.11 Å². The van der Waals surface area contributed by atoms with Crippen molar-refractivity contribution >= 4 is 29.9 Å². The normalized spacial score (nSPS) is 14.5. The molecule has 31 heavy (non-hydrogen) atoms. The Labute approximate surface area is 197 Å². The summed E-state index contributed by atoms with van der Waals surface area (Å²) >= 11 is 0. The summed E-state index contributed by atoms with van der Waals surface area (Å²) in [4.78, 5) is 4.61. The SMILES string of the molecule is COc1ccc(OC(F)F)c(CN=C(NCc2nnc(C)n2C)NC2CCCC2)c1.I. The zero-order valence-corrected chi connectivity index (χ0v) is 20.2. The fourth-order valence-electron chi connectivity index (χ4n) is 3.37. The van der Waals surface area contributed by atoms with Crippen LogP contribution < -0.4 is 20.1 Å². The number of benzene rings is 1. The Morgan fingerprint density at radius 1 is 1.29 bits per heavy atom. The van der Waals surface area contributed by atoms with Crippen molar-refractivity contribution in [1.29, 1.82) is 0 Å². The Hall–Kier alpha value is -2.18. The highest BCUT2D eigenvalue weighted by Crippen LogP contribution is 2.26. The van der Waals surface area contributed by atoms with Crippen molar-refractivity contribution in [3.05, 3.63) is 35.4 Å². The summed E-state index contributed by atoms with van der Waals surface area (Å²) in [5.74, 6) is 2.82. The molecular formula is C20H29F2IN6O2. The highest BCUT2D eigenvalue weighted by Gasteiger charge is 2.17. The first-order chi connectivity index (χ1) is 14.5. The standard InChI is InChI=1S/C20H28F2N6O2.HI/c1-13-26-27-18(28(13)2)12-24-20(25-15-6-4-5-7-15)23-11-14-10-16(29-3)8-9-17(14)30-19(21)22;/h8-10,15,19H,4-7,11-12H2,1-3H3,(H2,23,24,25);1H. The molecule has 3 rings (SSSR count). The minimum Gasteiger partial charge on any atom is -0.497 e. The molecule has 0 unspecified atom stereocenters. The molecule has 1 heterocycles. The van der Waals surface area contributed by atoms with Crippen LogP contribution in [0, 0.1) is 6.92 Å². The third kappa shape index (κ3) is 7.18. The first kappa shape index (κ1) is 25.1. The lowest BCUT2D eigenvalue weighted by Gasteiger charge is -2.18. The van der Waals surface area contributed by atoms with E-state index in [9.17, 15) is 8.78 Å². The second kappa shape index (κ2) is 12.0. The Morgan fingerprint density at radius 2 is 2.03 bits per heavy atom. The third-order valence-electron chi connectivity index (χ3n) is 5.18. The van der Waals surface area contributed by atoms with Gasteiger partial charge in [-0.3, -0.25) is 0 Å². The zero-order valence-electron chi connectivity index (χ0n) is 17.9. The van der Waals surface area contributed by atoms with E-state index in [-0.39, 0.29) is 36.3 Å². The van der Waals surface area contributed by atoms with Crippen LogP contribution in [0.15, 0.2) is 23.2 Å². The number of guanidine groups is 1. The van der Waals surface area contributed by atoms with E-state index in [0.717, 1.165) is 24.5 Å². The van der Waals surface area contributed by atoms with Crippen LogP contribution in [-0.4, -0.2) is 40.5 Å². The molecule has 0 spiro atoms. The maximum Gasteiger partial charge on any atom is 0.387 e. The van der Waals surface area contributed by atoms with Gasteiger partial charge < -0.3 is 24.7 Å². The number of aryl methyl sites for hydroxylation is 1. The van der Waals surface area contributed by atoms with E-state index in [4.69, 9.17) is 4.74 Å². The van der Waals surface area contributed by atoms with Gasteiger partial charge in [-0.05, 0) is 38.0 Å². The van der Waals surface area contributed by atoms with Crippen LogP contribution in [0.1, 0.15) is 42.9 Å². The van der Waals surface area contributed by atoms with E-state index >= 15 is 0 Å². The average molecular weight is 550 g/mol. The number of hydrogen-bond acceptors (Lipinski definition) is 5. The molecular weight excluding hydrogens is 521 g/mol. The molecule has 1 saturated carbocycles. The van der Waals surface area contributed by atoms with Gasteiger partial charge in [0.15, 0.2) is 11.8 Å². The van der Waals surface area contributed by atoms with Crippen LogP contribution in [0.2, 0.25) is 0 Å². The zero-order chi connectivity index (χ0) is 21.5. The molecule has 172 valence electrons. The minimum absolute atomic E-state index is 0. The lowest BCUT2D eigenvalue weighted by atomic mass is 10.2. The van der Waals surface area contributed by atoms with Gasteiger partial charge in [0.25, 0.3) is 0 Å². The van der Waals surface area contributed by atoms with Crippen LogP contribution in [0.5, 0.6) is 11.5 Å². The molecule has 1 aromatic heterocycles. The third-order valence-corrected chi connectivity index (χ3v) is 5.18. The van der Waals surface area contributed by atoms with Gasteiger partial charge >= 0.3 is 6.61 Å². The molecule has 0 radical (unpaired) electrons. The van der Waals surface area contributed by atoms with Crippen LogP contribution in [0.4, 0.5) is 8.78 Å². The molecule has 0 aliphatic heterocycles. The van der Waals surface area contributed by atoms with Gasteiger partial charge in [-0.2, -0.15) is 8.78 Å². The summed E-state index contributed by atoms with van der Waals surface area (Å²) in [5, 5.41) is 14.9. The molecule has 1 aliphatic carbocycles. The van der Waals surface area contributed by atoms with E-state index in [1.807, 2.05) is 18.5 Å². The average Bonchev–Trinajstić information content (AvgIpc) is 3.35. The number of nitrogens with zero attached hydrogens (tertiary/aromatic N) is 4. The number of ether oxygens (including phenoxy) is 2. The number of rotatable bonds is 8. The Balaban J connectivity index is 0.00000341. The van der Waals surface area contributed by atoms with Crippen LogP contribution in [0.3, 0.4) is 0 Å². The van der Waals surface area contributed by atoms with E-state index in [2.05, 4.69) is 30.6 Å².